The molecular weight excluding hydrogens is 398 g/mol. The quantitative estimate of drug-likeness (QED) is 0.686. The van der Waals surface area contributed by atoms with Crippen molar-refractivity contribution in [3.8, 4) is 0 Å². The van der Waals surface area contributed by atoms with Crippen LogP contribution in [-0.2, 0) is 11.3 Å². The minimum Gasteiger partial charge on any atom is -0.345 e. The van der Waals surface area contributed by atoms with Gasteiger partial charge in [0.2, 0.25) is 5.91 Å². The molecule has 4 rings (SSSR count). The third-order valence-corrected chi connectivity index (χ3v) is 6.95. The van der Waals surface area contributed by atoms with Crippen LogP contribution >= 0.6 is 12.2 Å². The van der Waals surface area contributed by atoms with Crippen LogP contribution in [0.25, 0.3) is 11.0 Å². The van der Waals surface area contributed by atoms with Crippen molar-refractivity contribution in [3.63, 3.8) is 0 Å². The molecule has 2 N–H and O–H groups in total. The van der Waals surface area contributed by atoms with E-state index in [0.29, 0.717) is 10.1 Å². The standard InChI is InChI=1S/C22H31N5O2S/c1-15-19-20(30)17(22(29)24-14-18(28)26-10-5-6-11-26)13-23-21(19)27(25-15)12-9-16-7-3-2-4-8-16/h13,16H,2-12,14H2,1H3,(H,23,30)(H,24,29). The number of carbonyl (C=O) groups excluding carboxylic acids is 2. The Morgan fingerprint density at radius 3 is 2.67 bits per heavy atom. The molecule has 30 heavy (non-hydrogen) atoms. The summed E-state index contributed by atoms with van der Waals surface area (Å²) in [5.41, 5.74) is 2.09. The first-order chi connectivity index (χ1) is 14.5. The Labute approximate surface area is 182 Å². The molecule has 0 aromatic carbocycles. The van der Waals surface area contributed by atoms with Crippen LogP contribution in [0, 0.1) is 17.4 Å². The topological polar surface area (TPSA) is 83.0 Å². The number of rotatable bonds is 6. The van der Waals surface area contributed by atoms with Gasteiger partial charge in [-0.15, -0.1) is 0 Å². The second-order valence-electron chi connectivity index (χ2n) is 8.63. The molecule has 2 aliphatic rings. The average molecular weight is 430 g/mol. The van der Waals surface area contributed by atoms with E-state index in [1.165, 1.54) is 32.1 Å². The van der Waals surface area contributed by atoms with Crippen LogP contribution in [0.4, 0.5) is 0 Å². The number of aromatic nitrogens is 3. The SMILES string of the molecule is Cc1nn(CCC2CCCCC2)c2[nH]cc(C(=O)NCC(=O)N3CCCC3)c(=S)c12. The van der Waals surface area contributed by atoms with Crippen LogP contribution in [0.2, 0.25) is 0 Å². The smallest absolute Gasteiger partial charge is 0.254 e. The lowest BCUT2D eigenvalue weighted by Crippen LogP contribution is -2.38. The van der Waals surface area contributed by atoms with Crippen LogP contribution in [0.3, 0.4) is 0 Å². The number of hydrogen-bond acceptors (Lipinski definition) is 4. The summed E-state index contributed by atoms with van der Waals surface area (Å²) >= 11 is 5.64. The van der Waals surface area contributed by atoms with Gasteiger partial charge in [-0.25, -0.2) is 4.68 Å². The van der Waals surface area contributed by atoms with E-state index in [9.17, 15) is 9.59 Å². The molecule has 0 radical (unpaired) electrons. The highest BCUT2D eigenvalue weighted by Crippen LogP contribution is 2.28. The number of H-pyrrole nitrogens is 1. The third kappa shape index (κ3) is 4.43. The molecule has 2 fully saturated rings. The largest absolute Gasteiger partial charge is 0.345 e. The van der Waals surface area contributed by atoms with Crippen LogP contribution in [0.5, 0.6) is 0 Å². The summed E-state index contributed by atoms with van der Waals surface area (Å²) < 4.78 is 2.49. The molecule has 2 aromatic heterocycles. The zero-order valence-electron chi connectivity index (χ0n) is 17.7. The number of hydrogen-bond donors (Lipinski definition) is 2. The van der Waals surface area contributed by atoms with Crippen molar-refractivity contribution in [1.29, 1.82) is 0 Å². The predicted molar refractivity (Wildman–Crippen MR) is 119 cm³/mol. The van der Waals surface area contributed by atoms with Crippen molar-refractivity contribution in [2.24, 2.45) is 5.92 Å². The Morgan fingerprint density at radius 1 is 1.20 bits per heavy atom. The highest BCUT2D eigenvalue weighted by atomic mass is 32.1. The van der Waals surface area contributed by atoms with Gasteiger partial charge in [-0.05, 0) is 32.1 Å². The summed E-state index contributed by atoms with van der Waals surface area (Å²) in [4.78, 5) is 29.9. The normalized spacial score (nSPS) is 17.6. The van der Waals surface area contributed by atoms with Crippen LogP contribution < -0.4 is 5.32 Å². The Balaban J connectivity index is 1.46. The lowest BCUT2D eigenvalue weighted by atomic mass is 9.87. The second-order valence-corrected chi connectivity index (χ2v) is 9.04. The molecule has 3 heterocycles. The first kappa shape index (κ1) is 21.0. The van der Waals surface area contributed by atoms with Crippen molar-refractivity contribution < 1.29 is 9.59 Å². The fraction of sp³-hybridized carbons (Fsp3) is 0.636. The molecule has 0 atom stereocenters. The average Bonchev–Trinajstić information content (AvgIpc) is 3.40. The van der Waals surface area contributed by atoms with E-state index in [2.05, 4.69) is 15.4 Å². The van der Waals surface area contributed by atoms with Gasteiger partial charge in [0, 0.05) is 25.8 Å². The number of aryl methyl sites for hydroxylation is 2. The van der Waals surface area contributed by atoms with Crippen LogP contribution in [0.1, 0.15) is 67.4 Å². The molecule has 0 unspecified atom stereocenters. The van der Waals surface area contributed by atoms with E-state index in [1.54, 1.807) is 11.1 Å². The molecule has 0 bridgehead atoms. The van der Waals surface area contributed by atoms with Gasteiger partial charge in [-0.2, -0.15) is 5.10 Å². The van der Waals surface area contributed by atoms with Gasteiger partial charge < -0.3 is 15.2 Å². The molecule has 0 spiro atoms. The molecule has 2 amide bonds. The molecule has 1 saturated carbocycles. The summed E-state index contributed by atoms with van der Waals surface area (Å²) in [5, 5.41) is 8.25. The molecule has 2 aromatic rings. The van der Waals surface area contributed by atoms with Gasteiger partial charge in [-0.3, -0.25) is 9.59 Å². The Hall–Kier alpha value is -2.22. The monoisotopic (exact) mass is 429 g/mol. The zero-order chi connectivity index (χ0) is 21.1. The summed E-state index contributed by atoms with van der Waals surface area (Å²) in [6.45, 7) is 4.35. The van der Waals surface area contributed by atoms with Crippen LogP contribution in [-0.4, -0.2) is 51.1 Å². The van der Waals surface area contributed by atoms with Crippen molar-refractivity contribution in [2.45, 2.75) is 64.8 Å². The van der Waals surface area contributed by atoms with Crippen molar-refractivity contribution in [2.75, 3.05) is 19.6 Å². The maximum absolute atomic E-state index is 12.7. The highest BCUT2D eigenvalue weighted by Gasteiger charge is 2.21. The maximum Gasteiger partial charge on any atom is 0.254 e. The van der Waals surface area contributed by atoms with E-state index in [-0.39, 0.29) is 18.4 Å². The molecule has 1 aliphatic carbocycles. The van der Waals surface area contributed by atoms with Gasteiger partial charge >= 0.3 is 0 Å². The van der Waals surface area contributed by atoms with Crippen molar-refractivity contribution in [1.82, 2.24) is 25.0 Å². The number of aromatic amines is 1. The van der Waals surface area contributed by atoms with Gasteiger partial charge in [0.05, 0.1) is 27.7 Å². The molecule has 8 heteroatoms. The summed E-state index contributed by atoms with van der Waals surface area (Å²) in [7, 11) is 0. The second kappa shape index (κ2) is 9.29. The fourth-order valence-electron chi connectivity index (χ4n) is 4.78. The molecule has 162 valence electrons. The van der Waals surface area contributed by atoms with E-state index >= 15 is 0 Å². The first-order valence-electron chi connectivity index (χ1n) is 11.2. The van der Waals surface area contributed by atoms with E-state index in [1.807, 2.05) is 11.6 Å². The van der Waals surface area contributed by atoms with E-state index in [4.69, 9.17) is 12.2 Å². The summed E-state index contributed by atoms with van der Waals surface area (Å²) in [5.74, 6) is 0.420. The third-order valence-electron chi connectivity index (χ3n) is 6.53. The summed E-state index contributed by atoms with van der Waals surface area (Å²) in [6.07, 6.45) is 11.5. The van der Waals surface area contributed by atoms with Crippen molar-refractivity contribution in [3.05, 3.63) is 22.0 Å². The Morgan fingerprint density at radius 2 is 1.93 bits per heavy atom. The number of amides is 2. The van der Waals surface area contributed by atoms with E-state index < -0.39 is 0 Å². The minimum atomic E-state index is -0.319. The molecular formula is C22H31N5O2S. The van der Waals surface area contributed by atoms with E-state index in [0.717, 1.165) is 61.5 Å². The lowest BCUT2D eigenvalue weighted by Gasteiger charge is -2.21. The number of pyridine rings is 1. The predicted octanol–water partition coefficient (Wildman–Crippen LogP) is 3.72. The van der Waals surface area contributed by atoms with Gasteiger partial charge in [0.25, 0.3) is 5.91 Å². The first-order valence-corrected chi connectivity index (χ1v) is 11.6. The Kier molecular flexibility index (Phi) is 6.51. The number of nitrogens with zero attached hydrogens (tertiary/aromatic N) is 3. The lowest BCUT2D eigenvalue weighted by molar-refractivity contribution is -0.129. The van der Waals surface area contributed by atoms with Gasteiger partial charge in [-0.1, -0.05) is 44.3 Å². The van der Waals surface area contributed by atoms with Gasteiger partial charge in [0.15, 0.2) is 0 Å². The molecule has 1 saturated heterocycles. The number of fused-ring (bicyclic) bond motifs is 1. The number of nitrogens with one attached hydrogen (secondary N) is 2. The molecule has 1 aliphatic heterocycles. The van der Waals surface area contributed by atoms with Crippen LogP contribution in [0.15, 0.2) is 6.20 Å². The van der Waals surface area contributed by atoms with Gasteiger partial charge in [0.1, 0.15) is 5.65 Å². The fourth-order valence-corrected chi connectivity index (χ4v) is 5.18. The Bertz CT molecular complexity index is 983. The zero-order valence-corrected chi connectivity index (χ0v) is 18.5. The highest BCUT2D eigenvalue weighted by molar-refractivity contribution is 7.71. The maximum atomic E-state index is 12.7. The molecule has 7 nitrogen and oxygen atoms in total. The minimum absolute atomic E-state index is 0.00523. The summed E-state index contributed by atoms with van der Waals surface area (Å²) in [6, 6.07) is 0. The number of carbonyl (C=O) groups is 2. The van der Waals surface area contributed by atoms with Crippen molar-refractivity contribution >= 4 is 35.1 Å². The number of likely N-dealkylation sites (tertiary alicyclic amines) is 1.